The summed E-state index contributed by atoms with van der Waals surface area (Å²) in [5.74, 6) is -1.62. The number of alkyl carbamates (subject to hydrolysis) is 1. The van der Waals surface area contributed by atoms with E-state index in [1.54, 1.807) is 50.2 Å². The first-order chi connectivity index (χ1) is 25.1. The standard InChI is InChI=1S/C35H36N8O9/c1-5-14-36-32(45)26-17-42-29(22(26)3)30(37-19-38-42)43(27-16-25(12-11-21(27)2)31(44)40-28-13-15-52-41-28)35(48)51-20-50-33(46)23(4)39-34(47)49-18-24-9-7-6-8-10-24/h6-13,15-17,19,23H,5,14,18,20H2,1-4H3,(H,36,45)(H,39,47)(H,40,41,44). The molecule has 0 aliphatic rings. The summed E-state index contributed by atoms with van der Waals surface area (Å²) < 4.78 is 21.9. The molecule has 0 aliphatic heterocycles. The Morgan fingerprint density at radius 1 is 0.981 bits per heavy atom. The number of aryl methyl sites for hydroxylation is 2. The highest BCUT2D eigenvalue weighted by Crippen LogP contribution is 2.34. The zero-order valence-electron chi connectivity index (χ0n) is 28.7. The molecule has 3 heterocycles. The summed E-state index contributed by atoms with van der Waals surface area (Å²) in [7, 11) is 0. The van der Waals surface area contributed by atoms with Crippen molar-refractivity contribution in [1.82, 2.24) is 30.4 Å². The highest BCUT2D eigenvalue weighted by molar-refractivity contribution is 6.07. The van der Waals surface area contributed by atoms with Crippen LogP contribution in [0.4, 0.5) is 26.9 Å². The van der Waals surface area contributed by atoms with Crippen molar-refractivity contribution in [3.05, 3.63) is 101 Å². The molecule has 17 nitrogen and oxygen atoms in total. The predicted octanol–water partition coefficient (Wildman–Crippen LogP) is 4.82. The molecule has 1 unspecified atom stereocenters. The molecule has 0 radical (unpaired) electrons. The second kappa shape index (κ2) is 16.8. The maximum Gasteiger partial charge on any atom is 0.423 e. The number of amides is 4. The van der Waals surface area contributed by atoms with Crippen molar-refractivity contribution >= 4 is 52.8 Å². The van der Waals surface area contributed by atoms with Crippen molar-refractivity contribution in [1.29, 1.82) is 0 Å². The number of esters is 1. The Morgan fingerprint density at radius 2 is 1.77 bits per heavy atom. The van der Waals surface area contributed by atoms with Gasteiger partial charge in [-0.2, -0.15) is 5.10 Å². The van der Waals surface area contributed by atoms with E-state index in [-0.39, 0.29) is 35.4 Å². The lowest BCUT2D eigenvalue weighted by atomic mass is 10.1. The molecular formula is C35H36N8O9. The van der Waals surface area contributed by atoms with Crippen molar-refractivity contribution in [2.75, 3.05) is 23.6 Å². The van der Waals surface area contributed by atoms with Crippen molar-refractivity contribution in [2.45, 2.75) is 46.8 Å². The van der Waals surface area contributed by atoms with Gasteiger partial charge in [-0.05, 0) is 56.0 Å². The fourth-order valence-electron chi connectivity index (χ4n) is 4.95. The van der Waals surface area contributed by atoms with Crippen molar-refractivity contribution < 1.29 is 42.7 Å². The van der Waals surface area contributed by atoms with Gasteiger partial charge in [0.25, 0.3) is 11.8 Å². The smallest absolute Gasteiger partial charge is 0.423 e. The van der Waals surface area contributed by atoms with Crippen LogP contribution in [0.25, 0.3) is 5.52 Å². The summed E-state index contributed by atoms with van der Waals surface area (Å²) in [6.07, 6.45) is 2.83. The highest BCUT2D eigenvalue weighted by atomic mass is 16.7. The minimum atomic E-state index is -1.15. The van der Waals surface area contributed by atoms with E-state index in [1.807, 2.05) is 13.0 Å². The molecule has 3 N–H and O–H groups in total. The van der Waals surface area contributed by atoms with E-state index in [1.165, 1.54) is 42.4 Å². The zero-order chi connectivity index (χ0) is 37.2. The predicted molar refractivity (Wildman–Crippen MR) is 185 cm³/mol. The molecule has 0 saturated carbocycles. The van der Waals surface area contributed by atoms with Gasteiger partial charge >= 0.3 is 18.2 Å². The molecule has 3 aromatic heterocycles. The first-order valence-electron chi connectivity index (χ1n) is 16.1. The molecule has 1 atom stereocenters. The average molecular weight is 713 g/mol. The van der Waals surface area contributed by atoms with Crippen LogP contribution in [0.5, 0.6) is 0 Å². The molecule has 5 aromatic rings. The molecule has 0 saturated heterocycles. The van der Waals surface area contributed by atoms with E-state index in [0.717, 1.165) is 16.9 Å². The van der Waals surface area contributed by atoms with Crippen molar-refractivity contribution in [3.63, 3.8) is 0 Å². The Hall–Kier alpha value is -6.78. The highest BCUT2D eigenvalue weighted by Gasteiger charge is 2.29. The number of nitrogens with zero attached hydrogens (tertiary/aromatic N) is 5. The quantitative estimate of drug-likeness (QED) is 0.111. The van der Waals surface area contributed by atoms with Gasteiger partial charge in [0.1, 0.15) is 30.8 Å². The Labute approximate surface area is 297 Å². The van der Waals surface area contributed by atoms with Gasteiger partial charge in [-0.1, -0.05) is 48.5 Å². The molecule has 52 heavy (non-hydrogen) atoms. The maximum absolute atomic E-state index is 14.0. The molecule has 0 bridgehead atoms. The Balaban J connectivity index is 1.39. The molecule has 5 rings (SSSR count). The van der Waals surface area contributed by atoms with Crippen LogP contribution in [0.2, 0.25) is 0 Å². The molecule has 4 amide bonds. The summed E-state index contributed by atoms with van der Waals surface area (Å²) in [5.41, 5.74) is 2.67. The summed E-state index contributed by atoms with van der Waals surface area (Å²) in [4.78, 5) is 70.5. The second-order valence-electron chi connectivity index (χ2n) is 11.4. The van der Waals surface area contributed by atoms with Gasteiger partial charge in [-0.15, -0.1) is 0 Å². The van der Waals surface area contributed by atoms with E-state index in [2.05, 4.69) is 31.2 Å². The monoisotopic (exact) mass is 712 g/mol. The van der Waals surface area contributed by atoms with E-state index in [9.17, 15) is 24.0 Å². The second-order valence-corrected chi connectivity index (χ2v) is 11.4. The lowest BCUT2D eigenvalue weighted by molar-refractivity contribution is -0.153. The Kier molecular flexibility index (Phi) is 11.8. The summed E-state index contributed by atoms with van der Waals surface area (Å²) in [6, 6.07) is 13.9. The first kappa shape index (κ1) is 36.5. The number of hydrogen-bond acceptors (Lipinski definition) is 12. The lowest BCUT2D eigenvalue weighted by Crippen LogP contribution is -2.40. The van der Waals surface area contributed by atoms with Crippen LogP contribution < -0.4 is 20.9 Å². The number of hydrogen-bond donors (Lipinski definition) is 3. The molecule has 0 aliphatic carbocycles. The summed E-state index contributed by atoms with van der Waals surface area (Å²) in [6.45, 7) is 6.28. The number of anilines is 3. The molecule has 17 heteroatoms. The van der Waals surface area contributed by atoms with Crippen molar-refractivity contribution in [2.24, 2.45) is 0 Å². The number of benzene rings is 2. The normalized spacial score (nSPS) is 11.3. The van der Waals surface area contributed by atoms with Crippen LogP contribution in [0.1, 0.15) is 57.7 Å². The third-order valence-electron chi connectivity index (χ3n) is 7.66. The fraction of sp³-hybridized carbons (Fsp3) is 0.257. The zero-order valence-corrected chi connectivity index (χ0v) is 28.7. The molecule has 270 valence electrons. The number of ether oxygens (including phenoxy) is 3. The Bertz CT molecular complexity index is 2070. The number of fused-ring (bicyclic) bond motifs is 1. The third-order valence-corrected chi connectivity index (χ3v) is 7.66. The minimum absolute atomic E-state index is 0.00623. The van der Waals surface area contributed by atoms with Crippen LogP contribution in [-0.2, 0) is 25.6 Å². The van der Waals surface area contributed by atoms with E-state index in [4.69, 9.17) is 18.7 Å². The van der Waals surface area contributed by atoms with Gasteiger partial charge in [0.2, 0.25) is 6.79 Å². The van der Waals surface area contributed by atoms with Gasteiger partial charge in [-0.3, -0.25) is 9.59 Å². The first-order valence-corrected chi connectivity index (χ1v) is 16.1. The number of aromatic nitrogens is 4. The van der Waals surface area contributed by atoms with Gasteiger partial charge in [0.15, 0.2) is 11.6 Å². The third kappa shape index (κ3) is 8.68. The van der Waals surface area contributed by atoms with E-state index >= 15 is 0 Å². The van der Waals surface area contributed by atoms with E-state index in [0.29, 0.717) is 28.8 Å². The topological polar surface area (TPSA) is 209 Å². The maximum atomic E-state index is 14.0. The average Bonchev–Trinajstić information content (AvgIpc) is 3.78. The number of carbonyl (C=O) groups excluding carboxylic acids is 5. The van der Waals surface area contributed by atoms with Gasteiger partial charge < -0.3 is 34.7 Å². The van der Waals surface area contributed by atoms with Gasteiger partial charge in [0.05, 0.1) is 11.3 Å². The van der Waals surface area contributed by atoms with Crippen molar-refractivity contribution in [3.8, 4) is 0 Å². The van der Waals surface area contributed by atoms with Crippen LogP contribution in [0.3, 0.4) is 0 Å². The van der Waals surface area contributed by atoms with E-state index < -0.39 is 36.9 Å². The molecule has 0 fully saturated rings. The van der Waals surface area contributed by atoms with Gasteiger partial charge in [0, 0.05) is 24.4 Å². The summed E-state index contributed by atoms with van der Waals surface area (Å²) >= 11 is 0. The number of carbonyl (C=O) groups is 5. The van der Waals surface area contributed by atoms with Crippen LogP contribution in [0.15, 0.2) is 77.9 Å². The van der Waals surface area contributed by atoms with Crippen LogP contribution in [-0.4, -0.2) is 69.1 Å². The molecule has 2 aromatic carbocycles. The van der Waals surface area contributed by atoms with Gasteiger partial charge in [-0.25, -0.2) is 28.8 Å². The Morgan fingerprint density at radius 3 is 2.50 bits per heavy atom. The molecule has 0 spiro atoms. The number of nitrogens with one attached hydrogen (secondary N) is 3. The summed E-state index contributed by atoms with van der Waals surface area (Å²) in [5, 5.41) is 15.7. The number of rotatable bonds is 13. The fourth-order valence-corrected chi connectivity index (χ4v) is 4.95. The SMILES string of the molecule is CCCNC(=O)c1cn2ncnc(N(C(=O)OCOC(=O)C(C)NC(=O)OCc3ccccc3)c3cc(C(=O)Nc4ccon4)ccc3C)c2c1C. The lowest BCUT2D eigenvalue weighted by Gasteiger charge is -2.24. The molecular weight excluding hydrogens is 676 g/mol. The largest absolute Gasteiger partial charge is 0.445 e. The minimum Gasteiger partial charge on any atom is -0.445 e. The van der Waals surface area contributed by atoms with Crippen LogP contribution in [0, 0.1) is 13.8 Å². The van der Waals surface area contributed by atoms with Crippen LogP contribution >= 0.6 is 0 Å².